The van der Waals surface area contributed by atoms with Gasteiger partial charge in [-0.25, -0.2) is 5.43 Å². The van der Waals surface area contributed by atoms with Gasteiger partial charge in [-0.2, -0.15) is 5.10 Å². The van der Waals surface area contributed by atoms with Gasteiger partial charge >= 0.3 is 0 Å². The van der Waals surface area contributed by atoms with E-state index in [1.165, 1.54) is 16.8 Å². The molecule has 1 aromatic carbocycles. The number of nitrogens with zero attached hydrogens (tertiary/aromatic N) is 2. The first-order chi connectivity index (χ1) is 11.6. The molecule has 0 saturated carbocycles. The predicted octanol–water partition coefficient (Wildman–Crippen LogP) is 1.56. The lowest BCUT2D eigenvalue weighted by Crippen LogP contribution is -2.29. The molecular weight excluding hydrogens is 310 g/mol. The summed E-state index contributed by atoms with van der Waals surface area (Å²) in [6.07, 6.45) is 3.04. The van der Waals surface area contributed by atoms with E-state index < -0.39 is 5.91 Å². The summed E-state index contributed by atoms with van der Waals surface area (Å²) >= 11 is 0. The van der Waals surface area contributed by atoms with Crippen LogP contribution in [0.2, 0.25) is 0 Å². The minimum Gasteiger partial charge on any atom is -0.493 e. The highest BCUT2D eigenvalue weighted by molar-refractivity contribution is 5.94. The van der Waals surface area contributed by atoms with Crippen molar-refractivity contribution in [3.63, 3.8) is 0 Å². The zero-order valence-corrected chi connectivity index (χ0v) is 13.8. The van der Waals surface area contributed by atoms with Crippen LogP contribution >= 0.6 is 0 Å². The summed E-state index contributed by atoms with van der Waals surface area (Å²) in [5.74, 6) is 0.642. The quantitative estimate of drug-likeness (QED) is 0.644. The van der Waals surface area contributed by atoms with Crippen LogP contribution < -0.4 is 20.5 Å². The summed E-state index contributed by atoms with van der Waals surface area (Å²) in [4.78, 5) is 23.8. The van der Waals surface area contributed by atoms with Crippen molar-refractivity contribution in [3.05, 3.63) is 58.0 Å². The van der Waals surface area contributed by atoms with E-state index in [1.807, 2.05) is 6.92 Å². The van der Waals surface area contributed by atoms with Crippen molar-refractivity contribution in [1.29, 1.82) is 0 Å². The number of ether oxygens (including phenoxy) is 2. The highest BCUT2D eigenvalue weighted by atomic mass is 16.5. The van der Waals surface area contributed by atoms with Gasteiger partial charge in [-0.1, -0.05) is 0 Å². The maximum Gasteiger partial charge on any atom is 0.276 e. The van der Waals surface area contributed by atoms with E-state index in [2.05, 4.69) is 10.5 Å². The van der Waals surface area contributed by atoms with Gasteiger partial charge in [-0.15, -0.1) is 0 Å². The number of hydrazone groups is 1. The molecule has 126 valence electrons. The third kappa shape index (κ3) is 4.01. The molecule has 0 radical (unpaired) electrons. The Kier molecular flexibility index (Phi) is 5.73. The normalized spacial score (nSPS) is 10.6. The Hall–Kier alpha value is -3.09. The van der Waals surface area contributed by atoms with Crippen LogP contribution in [0.1, 0.15) is 22.8 Å². The Bertz CT molecular complexity index is 812. The number of hydrogen-bond acceptors (Lipinski definition) is 5. The highest BCUT2D eigenvalue weighted by Gasteiger charge is 2.10. The van der Waals surface area contributed by atoms with Crippen molar-refractivity contribution >= 4 is 12.1 Å². The number of hydrogen-bond donors (Lipinski definition) is 1. The number of benzene rings is 1. The van der Waals surface area contributed by atoms with Crippen molar-refractivity contribution < 1.29 is 14.3 Å². The van der Waals surface area contributed by atoms with Crippen LogP contribution in [0, 0.1) is 0 Å². The number of amides is 1. The number of aryl methyl sites for hydroxylation is 1. The van der Waals surface area contributed by atoms with E-state index in [4.69, 9.17) is 9.47 Å². The van der Waals surface area contributed by atoms with Gasteiger partial charge in [-0.3, -0.25) is 9.59 Å². The van der Waals surface area contributed by atoms with E-state index >= 15 is 0 Å². The van der Waals surface area contributed by atoms with Crippen molar-refractivity contribution in [1.82, 2.24) is 9.99 Å². The molecule has 0 aliphatic carbocycles. The van der Waals surface area contributed by atoms with Crippen molar-refractivity contribution in [2.75, 3.05) is 13.7 Å². The number of carbonyl (C=O) groups is 1. The largest absolute Gasteiger partial charge is 0.493 e. The molecule has 7 nitrogen and oxygen atoms in total. The Morgan fingerprint density at radius 2 is 2.12 bits per heavy atom. The molecule has 0 spiro atoms. The molecule has 1 amide bonds. The zero-order valence-electron chi connectivity index (χ0n) is 13.8. The molecule has 7 heteroatoms. The lowest BCUT2D eigenvalue weighted by Gasteiger charge is -2.09. The fourth-order valence-electron chi connectivity index (χ4n) is 2.04. The third-order valence-electron chi connectivity index (χ3n) is 3.24. The molecule has 0 atom stereocenters. The van der Waals surface area contributed by atoms with Crippen molar-refractivity contribution in [3.8, 4) is 11.5 Å². The molecule has 2 rings (SSSR count). The number of nitrogens with one attached hydrogen (secondary N) is 1. The Morgan fingerprint density at radius 1 is 1.33 bits per heavy atom. The monoisotopic (exact) mass is 329 g/mol. The van der Waals surface area contributed by atoms with E-state index in [0.29, 0.717) is 18.1 Å². The van der Waals surface area contributed by atoms with Crippen LogP contribution in [-0.4, -0.2) is 30.4 Å². The molecule has 0 aliphatic heterocycles. The molecule has 1 aromatic heterocycles. The SMILES string of the molecule is CCOc1ccc(/C=N\NC(=O)c2cccn(C)c2=O)cc1OC. The minimum atomic E-state index is -0.564. The van der Waals surface area contributed by atoms with Gasteiger partial charge in [0.1, 0.15) is 5.56 Å². The summed E-state index contributed by atoms with van der Waals surface area (Å²) in [5.41, 5.74) is 2.70. The summed E-state index contributed by atoms with van der Waals surface area (Å²) in [5, 5.41) is 3.87. The van der Waals surface area contributed by atoms with E-state index in [0.717, 1.165) is 5.56 Å². The van der Waals surface area contributed by atoms with Gasteiger partial charge in [0.2, 0.25) is 0 Å². The topological polar surface area (TPSA) is 81.9 Å². The Labute approximate surface area is 139 Å². The molecular formula is C17H19N3O4. The summed E-state index contributed by atoms with van der Waals surface area (Å²) < 4.78 is 12.0. The molecule has 24 heavy (non-hydrogen) atoms. The first kappa shape index (κ1) is 17.3. The van der Waals surface area contributed by atoms with E-state index in [1.54, 1.807) is 44.6 Å². The summed E-state index contributed by atoms with van der Waals surface area (Å²) in [7, 11) is 3.13. The standard InChI is InChI=1S/C17H19N3O4/c1-4-24-14-8-7-12(10-15(14)23-3)11-18-19-16(21)13-6-5-9-20(2)17(13)22/h5-11H,4H2,1-3H3,(H,19,21)/b18-11-. The number of rotatable bonds is 6. The lowest BCUT2D eigenvalue weighted by atomic mass is 10.2. The highest BCUT2D eigenvalue weighted by Crippen LogP contribution is 2.27. The van der Waals surface area contributed by atoms with Crippen LogP contribution in [0.3, 0.4) is 0 Å². The number of aromatic nitrogens is 1. The average Bonchev–Trinajstić information content (AvgIpc) is 2.58. The minimum absolute atomic E-state index is 0.0291. The smallest absolute Gasteiger partial charge is 0.276 e. The zero-order chi connectivity index (χ0) is 17.5. The van der Waals surface area contributed by atoms with Gasteiger partial charge in [-0.05, 0) is 42.8 Å². The van der Waals surface area contributed by atoms with Crippen LogP contribution in [0.4, 0.5) is 0 Å². The number of pyridine rings is 1. The summed E-state index contributed by atoms with van der Waals surface area (Å²) in [6.45, 7) is 2.42. The average molecular weight is 329 g/mol. The van der Waals surface area contributed by atoms with Crippen molar-refractivity contribution in [2.45, 2.75) is 6.92 Å². The number of carbonyl (C=O) groups excluding carboxylic acids is 1. The number of methoxy groups -OCH3 is 1. The van der Waals surface area contributed by atoms with E-state index in [-0.39, 0.29) is 11.1 Å². The fourth-order valence-corrected chi connectivity index (χ4v) is 2.04. The van der Waals surface area contributed by atoms with Crippen LogP contribution in [-0.2, 0) is 7.05 Å². The van der Waals surface area contributed by atoms with Crippen LogP contribution in [0.15, 0.2) is 46.4 Å². The van der Waals surface area contributed by atoms with Crippen LogP contribution in [0.25, 0.3) is 0 Å². The molecule has 1 heterocycles. The summed E-state index contributed by atoms with van der Waals surface area (Å²) in [6, 6.07) is 8.36. The molecule has 0 aliphatic rings. The maximum atomic E-state index is 12.0. The second-order valence-corrected chi connectivity index (χ2v) is 4.88. The first-order valence-corrected chi connectivity index (χ1v) is 7.36. The van der Waals surface area contributed by atoms with Crippen molar-refractivity contribution in [2.24, 2.45) is 12.1 Å². The van der Waals surface area contributed by atoms with Gasteiger partial charge in [0, 0.05) is 13.2 Å². The van der Waals surface area contributed by atoms with Gasteiger partial charge in [0.05, 0.1) is 19.9 Å². The lowest BCUT2D eigenvalue weighted by molar-refractivity contribution is 0.0953. The third-order valence-corrected chi connectivity index (χ3v) is 3.24. The molecule has 0 fully saturated rings. The second-order valence-electron chi connectivity index (χ2n) is 4.88. The fraction of sp³-hybridized carbons (Fsp3) is 0.235. The van der Waals surface area contributed by atoms with Gasteiger partial charge < -0.3 is 14.0 Å². The molecule has 0 unspecified atom stereocenters. The first-order valence-electron chi connectivity index (χ1n) is 7.36. The molecule has 0 bridgehead atoms. The Morgan fingerprint density at radius 3 is 2.83 bits per heavy atom. The predicted molar refractivity (Wildman–Crippen MR) is 90.9 cm³/mol. The maximum absolute atomic E-state index is 12.0. The second kappa shape index (κ2) is 7.96. The van der Waals surface area contributed by atoms with Crippen LogP contribution in [0.5, 0.6) is 11.5 Å². The Balaban J connectivity index is 2.10. The van der Waals surface area contributed by atoms with Gasteiger partial charge in [0.15, 0.2) is 11.5 Å². The molecule has 0 saturated heterocycles. The molecule has 1 N–H and O–H groups in total. The van der Waals surface area contributed by atoms with E-state index in [9.17, 15) is 9.59 Å². The van der Waals surface area contributed by atoms with Gasteiger partial charge in [0.25, 0.3) is 11.5 Å². The molecule has 2 aromatic rings.